The first-order chi connectivity index (χ1) is 4.18. The molecule has 1 rings (SSSR count). The fourth-order valence-electron chi connectivity index (χ4n) is 0.865. The first-order valence-electron chi connectivity index (χ1n) is 2.86. The molecule has 56 valence electrons. The van der Waals surface area contributed by atoms with E-state index in [2.05, 4.69) is 32.0 Å². The van der Waals surface area contributed by atoms with Crippen molar-refractivity contribution in [1.29, 1.82) is 0 Å². The predicted octanol–water partition coefficient (Wildman–Crippen LogP) is 1.48. The Morgan fingerprint density at radius 3 is 1.78 bits per heavy atom. The van der Waals surface area contributed by atoms with E-state index in [9.17, 15) is 0 Å². The zero-order valence-electron chi connectivity index (χ0n) is 5.49. The average molecular weight is 367 g/mol. The van der Waals surface area contributed by atoms with E-state index in [1.807, 2.05) is 0 Å². The number of rotatable bonds is 0. The summed E-state index contributed by atoms with van der Waals surface area (Å²) in [6.07, 6.45) is 0. The van der Waals surface area contributed by atoms with Crippen LogP contribution in [0.2, 0.25) is 0 Å². The summed E-state index contributed by atoms with van der Waals surface area (Å²) in [5, 5.41) is 0. The van der Waals surface area contributed by atoms with E-state index in [0.29, 0.717) is 0 Å². The molecule has 0 aromatic heterocycles. The van der Waals surface area contributed by atoms with Crippen LogP contribution in [-0.4, -0.2) is 0 Å². The first-order valence-corrected chi connectivity index (χ1v) is 3.94. The van der Waals surface area contributed by atoms with Gasteiger partial charge < -0.3 is 0 Å². The number of aryl methyl sites for hydroxylation is 2. The summed E-state index contributed by atoms with van der Waals surface area (Å²) in [4.78, 5) is 0. The SMILES string of the molecule is Cc1cc(C)c[c]([Lr])c1. The first kappa shape index (κ1) is 5.36. The van der Waals surface area contributed by atoms with Crippen LogP contribution in [0.5, 0.6) is 0 Å². The average Bonchev–Trinajstić information content (AvgIpc) is 1.59. The molecule has 0 N–H and O–H groups in total. The van der Waals surface area contributed by atoms with Crippen molar-refractivity contribution in [2.45, 2.75) is 13.8 Å². The topological polar surface area (TPSA) is 0 Å². The molecule has 0 saturated heterocycles. The molecule has 0 spiro atoms. The van der Waals surface area contributed by atoms with Gasteiger partial charge in [0.2, 0.25) is 0 Å². The fourth-order valence-corrected chi connectivity index (χ4v) is 1.84. The maximum absolute atomic E-state index is 2.51. The summed E-state index contributed by atoms with van der Waals surface area (Å²) >= 11 is 0. The molecule has 0 bridgehead atoms. The Morgan fingerprint density at radius 1 is 1.00 bits per heavy atom. The molecule has 0 nitrogen and oxygen atoms in total. The van der Waals surface area contributed by atoms with Gasteiger partial charge in [0.1, 0.15) is 0 Å². The monoisotopic (exact) mass is 367 g/mol. The Bertz CT molecular complexity index is 165. The molecular formula is C8H9Lr. The molecule has 1 heteroatoms. The van der Waals surface area contributed by atoms with Crippen LogP contribution >= 0.6 is 0 Å². The molecule has 0 fully saturated rings. The van der Waals surface area contributed by atoms with Crippen molar-refractivity contribution in [1.82, 2.24) is 0 Å². The van der Waals surface area contributed by atoms with Crippen LogP contribution < -0.4 is 6.07 Å². The Kier molecular flexibility index (Phi) is 0.966. The van der Waals surface area contributed by atoms with Crippen LogP contribution in [-0.2, 0) is 0 Å². The van der Waals surface area contributed by atoms with E-state index >= 15 is 0 Å². The van der Waals surface area contributed by atoms with E-state index in [4.69, 9.17) is 0 Å². The molecule has 0 heterocycles. The van der Waals surface area contributed by atoms with Gasteiger partial charge in [0.05, 0.1) is 0 Å². The van der Waals surface area contributed by atoms with Crippen molar-refractivity contribution < 1.29 is 0 Å². The van der Waals surface area contributed by atoms with Gasteiger partial charge >= 0.3 is 49.2 Å². The van der Waals surface area contributed by atoms with Gasteiger partial charge in [-0.3, -0.25) is 0 Å². The van der Waals surface area contributed by atoms with Crippen LogP contribution in [0.4, 0.5) is 0 Å². The summed E-state index contributed by atoms with van der Waals surface area (Å²) < 4.78 is 2.51. The third-order valence-corrected chi connectivity index (χ3v) is 1.77. The van der Waals surface area contributed by atoms with Crippen molar-refractivity contribution in [3.8, 4) is 0 Å². The zero-order chi connectivity index (χ0) is 6.85. The van der Waals surface area contributed by atoms with Gasteiger partial charge in [-0.25, -0.2) is 0 Å². The minimum atomic E-state index is 1.30. The Labute approximate surface area is 50.2 Å². The molecule has 0 atom stereocenters. The van der Waals surface area contributed by atoms with Crippen molar-refractivity contribution >= 4 is 6.07 Å². The van der Waals surface area contributed by atoms with Crippen LogP contribution in [0.1, 0.15) is 11.1 Å². The number of hydrogen-bond acceptors (Lipinski definition) is 0. The Balaban J connectivity index is 3.17. The molecule has 0 unspecified atom stereocenters. The van der Waals surface area contributed by atoms with Crippen molar-refractivity contribution in [2.24, 2.45) is 0 Å². The summed E-state index contributed by atoms with van der Waals surface area (Å²) in [5.74, 6) is 0. The van der Waals surface area contributed by atoms with Crippen molar-refractivity contribution in [3.63, 3.8) is 0 Å². The summed E-state index contributed by atoms with van der Waals surface area (Å²) in [7, 11) is 0. The molecule has 0 amide bonds. The fraction of sp³-hybridized carbons (Fsp3) is 0.250. The van der Waals surface area contributed by atoms with Gasteiger partial charge in [-0.1, -0.05) is 0 Å². The summed E-state index contributed by atoms with van der Waals surface area (Å²) in [6, 6.07) is 7.80. The molecule has 0 aliphatic rings. The van der Waals surface area contributed by atoms with Gasteiger partial charge in [0, 0.05) is 0 Å². The molecule has 0 saturated carbocycles. The standard InChI is InChI=1S/C8H9.Lr/c1-7-4-3-5-8(2)6-7;/h4-6H,1-2H3;. The van der Waals surface area contributed by atoms with Crippen LogP contribution in [0.15, 0.2) is 18.2 Å². The van der Waals surface area contributed by atoms with E-state index in [0.717, 1.165) is 0 Å². The number of hydrogen-bond donors (Lipinski definition) is 0. The molecule has 1 aromatic rings. The van der Waals surface area contributed by atoms with Crippen LogP contribution in [0.3, 0.4) is 0 Å². The van der Waals surface area contributed by atoms with E-state index < -0.39 is 0 Å². The normalized spacial score (nSPS) is 9.78. The second kappa shape index (κ2) is 1.62. The Morgan fingerprint density at radius 2 is 1.44 bits per heavy atom. The van der Waals surface area contributed by atoms with Crippen molar-refractivity contribution in [3.05, 3.63) is 29.3 Å². The quantitative estimate of drug-likeness (QED) is 0.652. The molecular weight excluding hydrogens is 358 g/mol. The molecule has 0 aliphatic carbocycles. The Hall–Kier alpha value is -1.78. The van der Waals surface area contributed by atoms with Crippen molar-refractivity contribution in [2.75, 3.05) is 0 Å². The zero-order valence-corrected chi connectivity index (χ0v) is 7.64. The molecule has 9 heavy (non-hydrogen) atoms. The summed E-state index contributed by atoms with van der Waals surface area (Å²) in [5.41, 5.74) is 2.68. The minimum absolute atomic E-state index is 1.30. The van der Waals surface area contributed by atoms with E-state index in [-0.39, 0.29) is 0 Å². The van der Waals surface area contributed by atoms with Crippen LogP contribution in [0, 0.1) is 13.8 Å². The van der Waals surface area contributed by atoms with Gasteiger partial charge in [0.15, 0.2) is 0 Å². The van der Waals surface area contributed by atoms with Gasteiger partial charge in [-0.2, -0.15) is 0 Å². The van der Waals surface area contributed by atoms with Gasteiger partial charge in [0.25, 0.3) is 0 Å². The van der Waals surface area contributed by atoms with Gasteiger partial charge in [-0.15, -0.1) is 0 Å². The third kappa shape index (κ3) is 1.06. The molecule has 0 radical (unpaired) electrons. The summed E-state index contributed by atoms with van der Waals surface area (Å²) in [6.45, 7) is 4.23. The number of benzene rings is 1. The predicted molar refractivity (Wildman–Crippen MR) is 35.6 cm³/mol. The molecule has 0 aliphatic heterocycles. The third-order valence-electron chi connectivity index (χ3n) is 1.15. The molecule has 1 aromatic carbocycles. The van der Waals surface area contributed by atoms with E-state index in [1.54, 1.807) is 0 Å². The van der Waals surface area contributed by atoms with Gasteiger partial charge in [-0.05, 0) is 0 Å². The second-order valence-corrected chi connectivity index (χ2v) is 3.48. The van der Waals surface area contributed by atoms with Crippen LogP contribution in [0.25, 0.3) is 0 Å². The van der Waals surface area contributed by atoms with E-state index in [1.165, 1.54) is 17.2 Å². The maximum atomic E-state index is 2.51. The second-order valence-electron chi connectivity index (χ2n) is 2.24.